The molecule has 1 saturated carbocycles. The molecule has 20 heavy (non-hydrogen) atoms. The minimum Gasteiger partial charge on any atom is -0.362 e. The van der Waals surface area contributed by atoms with Crippen LogP contribution in [0.4, 0.5) is 0 Å². The molecule has 2 atom stereocenters. The minimum absolute atomic E-state index is 0.0119. The molecule has 1 saturated heterocycles. The standard InChI is InChI=1S/C16H24N2O2/c19-16(18-9-13-4-2-1-3-5-13)15-11-17-10-14(20-15)8-12-6-7-12/h2,4-5,12,14-15,17H,1,3,6-11H2,(H,18,19)/t14-,15-/m0/s1. The molecule has 1 heterocycles. The Morgan fingerprint density at radius 1 is 1.35 bits per heavy atom. The van der Waals surface area contributed by atoms with Crippen LogP contribution in [0.1, 0.15) is 32.1 Å². The largest absolute Gasteiger partial charge is 0.362 e. The molecule has 0 aromatic carbocycles. The molecule has 3 aliphatic rings. The number of carbonyl (C=O) groups is 1. The third kappa shape index (κ3) is 3.93. The Morgan fingerprint density at radius 3 is 3.00 bits per heavy atom. The fourth-order valence-electron chi connectivity index (χ4n) is 2.82. The first-order valence-electron chi connectivity index (χ1n) is 7.81. The van der Waals surface area contributed by atoms with Crippen LogP contribution >= 0.6 is 0 Å². The van der Waals surface area contributed by atoms with E-state index in [1.54, 1.807) is 0 Å². The monoisotopic (exact) mass is 276 g/mol. The number of ether oxygens (including phenoxy) is 1. The zero-order valence-corrected chi connectivity index (χ0v) is 11.9. The Hall–Kier alpha value is -1.13. The van der Waals surface area contributed by atoms with E-state index >= 15 is 0 Å². The van der Waals surface area contributed by atoms with Crippen molar-refractivity contribution in [2.24, 2.45) is 5.92 Å². The number of nitrogens with one attached hydrogen (secondary N) is 2. The average molecular weight is 276 g/mol. The SMILES string of the molecule is O=C(NCC1=CCCC=C1)[C@@H]1CNC[C@H](CC2CC2)O1. The molecule has 0 bridgehead atoms. The van der Waals surface area contributed by atoms with Crippen molar-refractivity contribution in [2.75, 3.05) is 19.6 Å². The second-order valence-electron chi connectivity index (χ2n) is 6.06. The van der Waals surface area contributed by atoms with Crippen LogP contribution in [0.2, 0.25) is 0 Å². The number of hydrogen-bond acceptors (Lipinski definition) is 3. The lowest BCUT2D eigenvalue weighted by Crippen LogP contribution is -2.51. The summed E-state index contributed by atoms with van der Waals surface area (Å²) >= 11 is 0. The van der Waals surface area contributed by atoms with Gasteiger partial charge < -0.3 is 15.4 Å². The van der Waals surface area contributed by atoms with Gasteiger partial charge in [-0.1, -0.05) is 31.1 Å². The summed E-state index contributed by atoms with van der Waals surface area (Å²) in [5.41, 5.74) is 1.20. The van der Waals surface area contributed by atoms with Crippen LogP contribution < -0.4 is 10.6 Å². The summed E-state index contributed by atoms with van der Waals surface area (Å²) in [6.45, 7) is 2.12. The van der Waals surface area contributed by atoms with Crippen LogP contribution in [-0.2, 0) is 9.53 Å². The molecule has 2 aliphatic carbocycles. The first-order chi connectivity index (χ1) is 9.81. The van der Waals surface area contributed by atoms with E-state index in [1.165, 1.54) is 18.4 Å². The Morgan fingerprint density at radius 2 is 2.25 bits per heavy atom. The van der Waals surface area contributed by atoms with E-state index in [4.69, 9.17) is 4.74 Å². The van der Waals surface area contributed by atoms with E-state index in [0.717, 1.165) is 31.7 Å². The van der Waals surface area contributed by atoms with Crippen molar-refractivity contribution in [3.63, 3.8) is 0 Å². The number of amides is 1. The maximum atomic E-state index is 12.2. The second-order valence-corrected chi connectivity index (χ2v) is 6.06. The molecular weight excluding hydrogens is 252 g/mol. The van der Waals surface area contributed by atoms with Crippen molar-refractivity contribution in [1.29, 1.82) is 0 Å². The van der Waals surface area contributed by atoms with Gasteiger partial charge in [-0.05, 0) is 30.8 Å². The first-order valence-corrected chi connectivity index (χ1v) is 7.81. The third-order valence-electron chi connectivity index (χ3n) is 4.18. The fraction of sp³-hybridized carbons (Fsp3) is 0.688. The fourth-order valence-corrected chi connectivity index (χ4v) is 2.82. The van der Waals surface area contributed by atoms with Crippen LogP contribution in [0.3, 0.4) is 0 Å². The highest BCUT2D eigenvalue weighted by molar-refractivity contribution is 5.81. The predicted molar refractivity (Wildman–Crippen MR) is 78.3 cm³/mol. The maximum absolute atomic E-state index is 12.2. The van der Waals surface area contributed by atoms with Crippen molar-refractivity contribution in [2.45, 2.75) is 44.3 Å². The van der Waals surface area contributed by atoms with Crippen molar-refractivity contribution >= 4 is 5.91 Å². The van der Waals surface area contributed by atoms with Crippen LogP contribution in [0.15, 0.2) is 23.8 Å². The summed E-state index contributed by atoms with van der Waals surface area (Å²) in [6.07, 6.45) is 12.3. The summed E-state index contributed by atoms with van der Waals surface area (Å²) in [4.78, 5) is 12.2. The van der Waals surface area contributed by atoms with Crippen LogP contribution in [0.25, 0.3) is 0 Å². The maximum Gasteiger partial charge on any atom is 0.250 e. The highest BCUT2D eigenvalue weighted by atomic mass is 16.5. The molecule has 4 nitrogen and oxygen atoms in total. The first kappa shape index (κ1) is 13.8. The molecule has 2 N–H and O–H groups in total. The molecule has 3 rings (SSSR count). The third-order valence-corrected chi connectivity index (χ3v) is 4.18. The highest BCUT2D eigenvalue weighted by Gasteiger charge is 2.32. The van der Waals surface area contributed by atoms with Gasteiger partial charge in [-0.2, -0.15) is 0 Å². The molecule has 4 heteroatoms. The van der Waals surface area contributed by atoms with Crippen molar-refractivity contribution in [3.8, 4) is 0 Å². The number of rotatable bonds is 5. The lowest BCUT2D eigenvalue weighted by atomic mass is 10.1. The predicted octanol–water partition coefficient (Wildman–Crippen LogP) is 1.54. The normalized spacial score (nSPS) is 29.9. The molecule has 0 unspecified atom stereocenters. The summed E-state index contributed by atoms with van der Waals surface area (Å²) in [6, 6.07) is 0. The van der Waals surface area contributed by atoms with E-state index in [-0.39, 0.29) is 18.1 Å². The van der Waals surface area contributed by atoms with E-state index < -0.39 is 0 Å². The number of carbonyl (C=O) groups excluding carboxylic acids is 1. The molecule has 0 aromatic rings. The van der Waals surface area contributed by atoms with Gasteiger partial charge in [0.2, 0.25) is 0 Å². The van der Waals surface area contributed by atoms with E-state index in [0.29, 0.717) is 13.1 Å². The second kappa shape index (κ2) is 6.55. The lowest BCUT2D eigenvalue weighted by Gasteiger charge is -2.30. The van der Waals surface area contributed by atoms with Crippen molar-refractivity contribution in [1.82, 2.24) is 10.6 Å². The van der Waals surface area contributed by atoms with Crippen LogP contribution in [0.5, 0.6) is 0 Å². The Bertz CT molecular complexity index is 413. The van der Waals surface area contributed by atoms with Gasteiger partial charge in [-0.3, -0.25) is 4.79 Å². The summed E-state index contributed by atoms with van der Waals surface area (Å²) in [7, 11) is 0. The lowest BCUT2D eigenvalue weighted by molar-refractivity contribution is -0.139. The average Bonchev–Trinajstić information content (AvgIpc) is 3.30. The zero-order valence-electron chi connectivity index (χ0n) is 11.9. The quantitative estimate of drug-likeness (QED) is 0.801. The summed E-state index contributed by atoms with van der Waals surface area (Å²) in [5.74, 6) is 0.846. The Labute approximate surface area is 120 Å². The molecular formula is C16H24N2O2. The van der Waals surface area contributed by atoms with Gasteiger partial charge in [0.05, 0.1) is 6.10 Å². The van der Waals surface area contributed by atoms with Gasteiger partial charge in [0.15, 0.2) is 0 Å². The number of allylic oxidation sites excluding steroid dienone is 2. The van der Waals surface area contributed by atoms with Gasteiger partial charge in [-0.15, -0.1) is 0 Å². The highest BCUT2D eigenvalue weighted by Crippen LogP contribution is 2.34. The number of morpholine rings is 1. The van der Waals surface area contributed by atoms with E-state index in [2.05, 4.69) is 28.9 Å². The molecule has 0 spiro atoms. The van der Waals surface area contributed by atoms with Gasteiger partial charge >= 0.3 is 0 Å². The van der Waals surface area contributed by atoms with Gasteiger partial charge in [0, 0.05) is 19.6 Å². The minimum atomic E-state index is -0.333. The van der Waals surface area contributed by atoms with Crippen LogP contribution in [-0.4, -0.2) is 37.7 Å². The number of hydrogen-bond donors (Lipinski definition) is 2. The molecule has 1 amide bonds. The molecule has 0 aromatic heterocycles. The Balaban J connectivity index is 1.43. The van der Waals surface area contributed by atoms with Gasteiger partial charge in [0.1, 0.15) is 6.10 Å². The molecule has 1 aliphatic heterocycles. The molecule has 2 fully saturated rings. The smallest absolute Gasteiger partial charge is 0.250 e. The van der Waals surface area contributed by atoms with E-state index in [9.17, 15) is 4.79 Å². The summed E-state index contributed by atoms with van der Waals surface area (Å²) in [5, 5.41) is 6.31. The van der Waals surface area contributed by atoms with Crippen molar-refractivity contribution in [3.05, 3.63) is 23.8 Å². The van der Waals surface area contributed by atoms with Crippen molar-refractivity contribution < 1.29 is 9.53 Å². The van der Waals surface area contributed by atoms with Gasteiger partial charge in [-0.25, -0.2) is 0 Å². The zero-order chi connectivity index (χ0) is 13.8. The topological polar surface area (TPSA) is 50.4 Å². The summed E-state index contributed by atoms with van der Waals surface area (Å²) < 4.78 is 5.93. The van der Waals surface area contributed by atoms with Gasteiger partial charge in [0.25, 0.3) is 5.91 Å². The molecule has 0 radical (unpaired) electrons. The van der Waals surface area contributed by atoms with E-state index in [1.807, 2.05) is 0 Å². The van der Waals surface area contributed by atoms with Crippen LogP contribution in [0, 0.1) is 5.92 Å². The molecule has 110 valence electrons. The Kier molecular flexibility index (Phi) is 4.53.